The van der Waals surface area contributed by atoms with Gasteiger partial charge in [0.1, 0.15) is 0 Å². The molecule has 3 rings (SSSR count). The van der Waals surface area contributed by atoms with Gasteiger partial charge < -0.3 is 14.2 Å². The summed E-state index contributed by atoms with van der Waals surface area (Å²) in [7, 11) is 6.06. The number of aryl methyl sites for hydroxylation is 1. The molecule has 0 bridgehead atoms. The first-order valence-corrected chi connectivity index (χ1v) is 7.85. The fourth-order valence-electron chi connectivity index (χ4n) is 2.59. The molecular formula is C14H21N5OS. The highest BCUT2D eigenvalue weighted by Gasteiger charge is 2.27. The average Bonchev–Trinajstić information content (AvgIpc) is 3.09. The SMILES string of the molecule is CN(C)c1nc(CN2CCOC[C@@H]2c2cccn2C)ns1. The number of morpholine rings is 1. The molecule has 0 saturated carbocycles. The number of nitrogens with zero attached hydrogens (tertiary/aromatic N) is 5. The lowest BCUT2D eigenvalue weighted by molar-refractivity contribution is -0.0161. The minimum absolute atomic E-state index is 0.269. The molecule has 0 amide bonds. The van der Waals surface area contributed by atoms with Gasteiger partial charge in [-0.05, 0) is 12.1 Å². The Bertz CT molecular complexity index is 594. The zero-order valence-electron chi connectivity index (χ0n) is 12.7. The minimum atomic E-state index is 0.269. The molecule has 1 aliphatic rings. The molecule has 0 spiro atoms. The second kappa shape index (κ2) is 6.13. The zero-order valence-corrected chi connectivity index (χ0v) is 13.5. The molecule has 0 N–H and O–H groups in total. The predicted octanol–water partition coefficient (Wildman–Crippen LogP) is 1.52. The highest BCUT2D eigenvalue weighted by Crippen LogP contribution is 2.26. The second-order valence-electron chi connectivity index (χ2n) is 5.49. The first-order valence-electron chi connectivity index (χ1n) is 7.08. The van der Waals surface area contributed by atoms with Crippen LogP contribution < -0.4 is 4.90 Å². The Morgan fingerprint density at radius 1 is 1.48 bits per heavy atom. The van der Waals surface area contributed by atoms with Gasteiger partial charge in [-0.1, -0.05) is 0 Å². The number of anilines is 1. The van der Waals surface area contributed by atoms with Gasteiger partial charge in [0, 0.05) is 51.1 Å². The Labute approximate surface area is 129 Å². The van der Waals surface area contributed by atoms with Gasteiger partial charge in [-0.25, -0.2) is 4.98 Å². The van der Waals surface area contributed by atoms with E-state index in [1.807, 2.05) is 19.0 Å². The Morgan fingerprint density at radius 3 is 3.00 bits per heavy atom. The number of rotatable bonds is 4. The van der Waals surface area contributed by atoms with Crippen LogP contribution in [0.5, 0.6) is 0 Å². The summed E-state index contributed by atoms with van der Waals surface area (Å²) < 4.78 is 12.3. The van der Waals surface area contributed by atoms with Crippen LogP contribution in [0.2, 0.25) is 0 Å². The highest BCUT2D eigenvalue weighted by molar-refractivity contribution is 7.09. The summed E-state index contributed by atoms with van der Waals surface area (Å²) in [6.45, 7) is 3.17. The monoisotopic (exact) mass is 307 g/mol. The maximum absolute atomic E-state index is 5.67. The van der Waals surface area contributed by atoms with Crippen LogP contribution in [0.15, 0.2) is 18.3 Å². The van der Waals surface area contributed by atoms with Gasteiger partial charge in [0.25, 0.3) is 0 Å². The summed E-state index contributed by atoms with van der Waals surface area (Å²) in [5.74, 6) is 0.893. The van der Waals surface area contributed by atoms with Crippen LogP contribution in [0, 0.1) is 0 Å². The fourth-order valence-corrected chi connectivity index (χ4v) is 3.19. The molecule has 0 unspecified atom stereocenters. The van der Waals surface area contributed by atoms with Crippen LogP contribution in [0.25, 0.3) is 0 Å². The smallest absolute Gasteiger partial charge is 0.204 e. The Morgan fingerprint density at radius 2 is 2.33 bits per heavy atom. The van der Waals surface area contributed by atoms with E-state index in [1.165, 1.54) is 17.2 Å². The summed E-state index contributed by atoms with van der Waals surface area (Å²) in [5, 5.41) is 0.952. The van der Waals surface area contributed by atoms with E-state index in [4.69, 9.17) is 4.74 Å². The van der Waals surface area contributed by atoms with Gasteiger partial charge in [-0.2, -0.15) is 4.37 Å². The maximum atomic E-state index is 5.67. The van der Waals surface area contributed by atoms with Crippen LogP contribution >= 0.6 is 11.5 Å². The van der Waals surface area contributed by atoms with Crippen molar-refractivity contribution in [2.24, 2.45) is 7.05 Å². The third-order valence-electron chi connectivity index (χ3n) is 3.75. The van der Waals surface area contributed by atoms with E-state index in [1.54, 1.807) is 0 Å². The van der Waals surface area contributed by atoms with Crippen LogP contribution in [0.3, 0.4) is 0 Å². The molecule has 21 heavy (non-hydrogen) atoms. The molecule has 2 aromatic heterocycles. The van der Waals surface area contributed by atoms with E-state index < -0.39 is 0 Å². The van der Waals surface area contributed by atoms with Crippen LogP contribution in [-0.2, 0) is 18.3 Å². The quantitative estimate of drug-likeness (QED) is 0.857. The summed E-state index contributed by atoms with van der Waals surface area (Å²) in [6, 6.07) is 4.50. The summed E-state index contributed by atoms with van der Waals surface area (Å²) in [4.78, 5) is 8.98. The zero-order chi connectivity index (χ0) is 14.8. The lowest BCUT2D eigenvalue weighted by atomic mass is 10.1. The summed E-state index contributed by atoms with van der Waals surface area (Å²) in [6.07, 6.45) is 2.08. The molecule has 1 saturated heterocycles. The molecular weight excluding hydrogens is 286 g/mol. The van der Waals surface area contributed by atoms with E-state index in [-0.39, 0.29) is 6.04 Å². The Balaban J connectivity index is 1.76. The van der Waals surface area contributed by atoms with Crippen molar-refractivity contribution in [1.29, 1.82) is 0 Å². The normalized spacial score (nSPS) is 19.9. The maximum Gasteiger partial charge on any atom is 0.204 e. The van der Waals surface area contributed by atoms with Gasteiger partial charge >= 0.3 is 0 Å². The van der Waals surface area contributed by atoms with Crippen LogP contribution in [-0.4, -0.2) is 52.7 Å². The Hall–Kier alpha value is -1.44. The summed E-state index contributed by atoms with van der Waals surface area (Å²) >= 11 is 1.45. The highest BCUT2D eigenvalue weighted by atomic mass is 32.1. The number of hydrogen-bond donors (Lipinski definition) is 0. The first-order chi connectivity index (χ1) is 10.1. The lowest BCUT2D eigenvalue weighted by Crippen LogP contribution is -2.40. The van der Waals surface area contributed by atoms with Crippen LogP contribution in [0.1, 0.15) is 17.6 Å². The van der Waals surface area contributed by atoms with Crippen molar-refractivity contribution in [3.8, 4) is 0 Å². The molecule has 0 aliphatic carbocycles. The van der Waals surface area contributed by atoms with Crippen molar-refractivity contribution < 1.29 is 4.74 Å². The van der Waals surface area contributed by atoms with E-state index in [0.717, 1.165) is 37.3 Å². The number of ether oxygens (including phenoxy) is 1. The average molecular weight is 307 g/mol. The largest absolute Gasteiger partial charge is 0.378 e. The standard InChI is InChI=1S/C14H21N5OS/c1-17(2)14-15-13(16-21-14)9-19-7-8-20-10-12(19)11-5-4-6-18(11)3/h4-6,12H,7-10H2,1-3H3/t12-/m1/s1. The third-order valence-corrected chi connectivity index (χ3v) is 4.67. The fraction of sp³-hybridized carbons (Fsp3) is 0.571. The van der Waals surface area contributed by atoms with Crippen molar-refractivity contribution in [3.63, 3.8) is 0 Å². The first kappa shape index (κ1) is 14.5. The van der Waals surface area contributed by atoms with Crippen molar-refractivity contribution in [2.75, 3.05) is 38.8 Å². The van der Waals surface area contributed by atoms with Crippen molar-refractivity contribution in [3.05, 3.63) is 29.8 Å². The van der Waals surface area contributed by atoms with Gasteiger partial charge in [0.05, 0.1) is 25.8 Å². The molecule has 1 atom stereocenters. The molecule has 1 aliphatic heterocycles. The predicted molar refractivity (Wildman–Crippen MR) is 83.6 cm³/mol. The number of hydrogen-bond acceptors (Lipinski definition) is 6. The van der Waals surface area contributed by atoms with E-state index in [2.05, 4.69) is 44.2 Å². The lowest BCUT2D eigenvalue weighted by Gasteiger charge is -2.35. The molecule has 114 valence electrons. The van der Waals surface area contributed by atoms with Gasteiger partial charge in [-0.3, -0.25) is 4.90 Å². The van der Waals surface area contributed by atoms with Gasteiger partial charge in [0.2, 0.25) is 5.13 Å². The molecule has 1 fully saturated rings. The molecule has 6 nitrogen and oxygen atoms in total. The van der Waals surface area contributed by atoms with Crippen molar-refractivity contribution >= 4 is 16.7 Å². The van der Waals surface area contributed by atoms with E-state index in [9.17, 15) is 0 Å². The minimum Gasteiger partial charge on any atom is -0.378 e. The van der Waals surface area contributed by atoms with Gasteiger partial charge in [0.15, 0.2) is 5.82 Å². The van der Waals surface area contributed by atoms with E-state index in [0.29, 0.717) is 0 Å². The van der Waals surface area contributed by atoms with Crippen molar-refractivity contribution in [1.82, 2.24) is 18.8 Å². The van der Waals surface area contributed by atoms with Crippen LogP contribution in [0.4, 0.5) is 5.13 Å². The summed E-state index contributed by atoms with van der Waals surface area (Å²) in [5.41, 5.74) is 1.28. The van der Waals surface area contributed by atoms with E-state index >= 15 is 0 Å². The molecule has 7 heteroatoms. The Kier molecular flexibility index (Phi) is 4.23. The van der Waals surface area contributed by atoms with Crippen molar-refractivity contribution in [2.45, 2.75) is 12.6 Å². The molecule has 3 heterocycles. The topological polar surface area (TPSA) is 46.4 Å². The molecule has 0 radical (unpaired) electrons. The second-order valence-corrected chi connectivity index (χ2v) is 6.22. The number of aromatic nitrogens is 3. The molecule has 2 aromatic rings. The van der Waals surface area contributed by atoms with Gasteiger partial charge in [-0.15, -0.1) is 0 Å². The third kappa shape index (κ3) is 3.09. The molecule has 0 aromatic carbocycles.